The topological polar surface area (TPSA) is 81.1 Å². The summed E-state index contributed by atoms with van der Waals surface area (Å²) in [6, 6.07) is 1.53. The van der Waals surface area contributed by atoms with Gasteiger partial charge in [-0.15, -0.1) is 0 Å². The van der Waals surface area contributed by atoms with Gasteiger partial charge in [-0.25, -0.2) is 0 Å². The summed E-state index contributed by atoms with van der Waals surface area (Å²) in [7, 11) is 1.87. The zero-order valence-corrected chi connectivity index (χ0v) is 8.33. The fourth-order valence-corrected chi connectivity index (χ4v) is 1.19. The number of aromatic nitrogens is 2. The van der Waals surface area contributed by atoms with Gasteiger partial charge < -0.3 is 16.4 Å². The molecule has 5 nitrogen and oxygen atoms in total. The molecule has 13 heavy (non-hydrogen) atoms. The molecular formula is C7H13N5S. The lowest BCUT2D eigenvalue weighted by atomic mass is 10.5. The van der Waals surface area contributed by atoms with E-state index in [1.165, 1.54) is 6.07 Å². The van der Waals surface area contributed by atoms with Gasteiger partial charge in [-0.3, -0.25) is 0 Å². The third-order valence-electron chi connectivity index (χ3n) is 1.53. The van der Waals surface area contributed by atoms with Gasteiger partial charge in [-0.2, -0.15) is 22.6 Å². The molecule has 1 aromatic rings. The molecule has 0 amide bonds. The van der Waals surface area contributed by atoms with Gasteiger partial charge in [-0.05, 0) is 0 Å². The van der Waals surface area contributed by atoms with Gasteiger partial charge in [-0.1, -0.05) is 0 Å². The number of nitrogens with two attached hydrogens (primary N) is 2. The van der Waals surface area contributed by atoms with E-state index in [4.69, 9.17) is 11.5 Å². The Hall–Kier alpha value is -1.17. The van der Waals surface area contributed by atoms with Gasteiger partial charge in [0.15, 0.2) is 0 Å². The Morgan fingerprint density at radius 1 is 1.38 bits per heavy atom. The summed E-state index contributed by atoms with van der Waals surface area (Å²) in [5.41, 5.74) is 11.0. The first-order valence-corrected chi connectivity index (χ1v) is 4.48. The van der Waals surface area contributed by atoms with Crippen LogP contribution in [-0.4, -0.2) is 29.3 Å². The van der Waals surface area contributed by atoms with Gasteiger partial charge in [0.2, 0.25) is 5.95 Å². The second-order valence-electron chi connectivity index (χ2n) is 2.66. The third kappa shape index (κ3) is 2.66. The van der Waals surface area contributed by atoms with Crippen LogP contribution >= 0.6 is 12.6 Å². The van der Waals surface area contributed by atoms with Crippen molar-refractivity contribution in [1.29, 1.82) is 0 Å². The number of thiol groups is 1. The third-order valence-corrected chi connectivity index (χ3v) is 1.73. The predicted molar refractivity (Wildman–Crippen MR) is 58.0 cm³/mol. The highest BCUT2D eigenvalue weighted by molar-refractivity contribution is 7.80. The second-order valence-corrected chi connectivity index (χ2v) is 3.11. The SMILES string of the molecule is CN(CCS)c1nc(N)cc(N)n1. The first-order valence-electron chi connectivity index (χ1n) is 3.85. The van der Waals surface area contributed by atoms with Gasteiger partial charge >= 0.3 is 0 Å². The van der Waals surface area contributed by atoms with Crippen molar-refractivity contribution < 1.29 is 0 Å². The quantitative estimate of drug-likeness (QED) is 0.597. The minimum absolute atomic E-state index is 0.383. The van der Waals surface area contributed by atoms with E-state index in [1.54, 1.807) is 0 Å². The summed E-state index contributed by atoms with van der Waals surface area (Å²) in [5.74, 6) is 2.03. The summed E-state index contributed by atoms with van der Waals surface area (Å²) in [4.78, 5) is 9.91. The standard InChI is InChI=1S/C7H13N5S/c1-12(2-3-13)7-10-5(8)4-6(9)11-7/h4,13H,2-3H2,1H3,(H4,8,9,10,11). The molecule has 0 aliphatic rings. The molecule has 0 aliphatic heterocycles. The van der Waals surface area contributed by atoms with Crippen LogP contribution in [0.15, 0.2) is 6.07 Å². The molecule has 0 radical (unpaired) electrons. The molecule has 72 valence electrons. The Balaban J connectivity index is 2.87. The van der Waals surface area contributed by atoms with E-state index in [2.05, 4.69) is 22.6 Å². The zero-order chi connectivity index (χ0) is 9.84. The van der Waals surface area contributed by atoms with Crippen LogP contribution in [0.25, 0.3) is 0 Å². The van der Waals surface area contributed by atoms with Crippen molar-refractivity contribution in [2.24, 2.45) is 0 Å². The maximum atomic E-state index is 5.52. The summed E-state index contributed by atoms with van der Waals surface area (Å²) < 4.78 is 0. The van der Waals surface area contributed by atoms with Crippen molar-refractivity contribution >= 4 is 30.2 Å². The van der Waals surface area contributed by atoms with Gasteiger partial charge in [0.1, 0.15) is 11.6 Å². The van der Waals surface area contributed by atoms with Crippen LogP contribution in [0.5, 0.6) is 0 Å². The minimum Gasteiger partial charge on any atom is -0.383 e. The molecule has 0 fully saturated rings. The van der Waals surface area contributed by atoms with Crippen LogP contribution in [-0.2, 0) is 0 Å². The van der Waals surface area contributed by atoms with Crippen LogP contribution in [0.2, 0.25) is 0 Å². The molecule has 0 atom stereocenters. The van der Waals surface area contributed by atoms with E-state index in [9.17, 15) is 0 Å². The van der Waals surface area contributed by atoms with Crippen molar-refractivity contribution in [2.75, 3.05) is 35.7 Å². The molecule has 0 aliphatic carbocycles. The molecule has 0 spiro atoms. The van der Waals surface area contributed by atoms with Crippen LogP contribution < -0.4 is 16.4 Å². The van der Waals surface area contributed by atoms with Crippen molar-refractivity contribution in [2.45, 2.75) is 0 Å². The molecule has 0 unspecified atom stereocenters. The first-order chi connectivity index (χ1) is 6.13. The van der Waals surface area contributed by atoms with E-state index in [0.717, 1.165) is 12.3 Å². The zero-order valence-electron chi connectivity index (χ0n) is 7.44. The fraction of sp³-hybridized carbons (Fsp3) is 0.429. The Morgan fingerprint density at radius 3 is 2.38 bits per heavy atom. The molecule has 0 bridgehead atoms. The lowest BCUT2D eigenvalue weighted by Crippen LogP contribution is -2.22. The van der Waals surface area contributed by atoms with E-state index >= 15 is 0 Å². The highest BCUT2D eigenvalue weighted by Gasteiger charge is 2.04. The summed E-state index contributed by atoms with van der Waals surface area (Å²) in [6.45, 7) is 0.756. The average Bonchev–Trinajstić information content (AvgIpc) is 2.03. The van der Waals surface area contributed by atoms with Crippen LogP contribution in [0.4, 0.5) is 17.6 Å². The van der Waals surface area contributed by atoms with E-state index < -0.39 is 0 Å². The number of hydrogen-bond donors (Lipinski definition) is 3. The number of rotatable bonds is 3. The highest BCUT2D eigenvalue weighted by atomic mass is 32.1. The normalized spacial score (nSPS) is 10.0. The van der Waals surface area contributed by atoms with Crippen molar-refractivity contribution in [3.63, 3.8) is 0 Å². The average molecular weight is 199 g/mol. The Kier molecular flexibility index (Phi) is 3.18. The molecule has 6 heteroatoms. The molecule has 0 saturated carbocycles. The lowest BCUT2D eigenvalue weighted by molar-refractivity contribution is 0.914. The Morgan fingerprint density at radius 2 is 1.92 bits per heavy atom. The van der Waals surface area contributed by atoms with Crippen molar-refractivity contribution in [3.8, 4) is 0 Å². The number of nitrogen functional groups attached to an aromatic ring is 2. The van der Waals surface area contributed by atoms with Crippen molar-refractivity contribution in [3.05, 3.63) is 6.07 Å². The maximum absolute atomic E-state index is 5.52. The molecular weight excluding hydrogens is 186 g/mol. The maximum Gasteiger partial charge on any atom is 0.229 e. The summed E-state index contributed by atoms with van der Waals surface area (Å²) in [6.07, 6.45) is 0. The number of hydrogen-bond acceptors (Lipinski definition) is 6. The molecule has 1 heterocycles. The summed E-state index contributed by atoms with van der Waals surface area (Å²) >= 11 is 4.10. The van der Waals surface area contributed by atoms with Crippen molar-refractivity contribution in [1.82, 2.24) is 9.97 Å². The smallest absolute Gasteiger partial charge is 0.229 e. The van der Waals surface area contributed by atoms with Crippen LogP contribution in [0.3, 0.4) is 0 Å². The summed E-state index contributed by atoms with van der Waals surface area (Å²) in [5, 5.41) is 0. The lowest BCUT2D eigenvalue weighted by Gasteiger charge is -2.15. The van der Waals surface area contributed by atoms with Gasteiger partial charge in [0, 0.05) is 25.4 Å². The minimum atomic E-state index is 0.383. The second kappa shape index (κ2) is 4.18. The van der Waals surface area contributed by atoms with Crippen LogP contribution in [0, 0.1) is 0 Å². The largest absolute Gasteiger partial charge is 0.383 e. The Labute approximate surface area is 82.6 Å². The molecule has 0 saturated heterocycles. The van der Waals surface area contributed by atoms with E-state index in [-0.39, 0.29) is 0 Å². The molecule has 1 rings (SSSR count). The Bertz CT molecular complexity index is 270. The molecule has 0 aromatic carbocycles. The van der Waals surface area contributed by atoms with Crippen LogP contribution in [0.1, 0.15) is 0 Å². The monoisotopic (exact) mass is 199 g/mol. The van der Waals surface area contributed by atoms with E-state index in [1.807, 2.05) is 11.9 Å². The molecule has 1 aromatic heterocycles. The van der Waals surface area contributed by atoms with Gasteiger partial charge in [0.25, 0.3) is 0 Å². The fourth-order valence-electron chi connectivity index (χ4n) is 0.893. The number of nitrogens with zero attached hydrogens (tertiary/aromatic N) is 3. The molecule has 4 N–H and O–H groups in total. The van der Waals surface area contributed by atoms with E-state index in [0.29, 0.717) is 17.6 Å². The van der Waals surface area contributed by atoms with Gasteiger partial charge in [0.05, 0.1) is 0 Å². The first kappa shape index (κ1) is 9.91. The number of anilines is 3. The highest BCUT2D eigenvalue weighted by Crippen LogP contribution is 2.11. The predicted octanol–water partition coefficient (Wildman–Crippen LogP) is 0.00700.